The Labute approximate surface area is 225 Å². The molecule has 3 atom stereocenters. The van der Waals surface area contributed by atoms with Crippen molar-refractivity contribution in [3.05, 3.63) is 70.8 Å². The summed E-state index contributed by atoms with van der Waals surface area (Å²) in [5.74, 6) is -0.996. The van der Waals surface area contributed by atoms with Gasteiger partial charge < -0.3 is 30.5 Å². The first-order valence-electron chi connectivity index (χ1n) is 13.1. The summed E-state index contributed by atoms with van der Waals surface area (Å²) in [6.07, 6.45) is -0.780. The number of methoxy groups -OCH3 is 1. The molecule has 3 amide bonds. The third-order valence-electron chi connectivity index (χ3n) is 6.12. The first-order chi connectivity index (χ1) is 18.2. The SMILES string of the molecule is CCCN(CCC)C(=O)c1cc(C)cc(C(=O)NCC(O)C(O)C(CCOC)NC(=O)c2ccccc2)c1. The van der Waals surface area contributed by atoms with Crippen LogP contribution in [0.5, 0.6) is 0 Å². The second-order valence-corrected chi connectivity index (χ2v) is 9.38. The van der Waals surface area contributed by atoms with Gasteiger partial charge in [-0.3, -0.25) is 14.4 Å². The summed E-state index contributed by atoms with van der Waals surface area (Å²) in [6.45, 7) is 7.11. The maximum Gasteiger partial charge on any atom is 0.253 e. The lowest BCUT2D eigenvalue weighted by Crippen LogP contribution is -2.52. The van der Waals surface area contributed by atoms with Crippen LogP contribution in [0.2, 0.25) is 0 Å². The number of aryl methyl sites for hydroxylation is 1. The fourth-order valence-electron chi connectivity index (χ4n) is 4.18. The summed E-state index contributed by atoms with van der Waals surface area (Å²) in [5, 5.41) is 26.8. The predicted molar refractivity (Wildman–Crippen MR) is 146 cm³/mol. The fraction of sp³-hybridized carbons (Fsp3) is 0.483. The average molecular weight is 528 g/mol. The number of hydrogen-bond acceptors (Lipinski definition) is 6. The van der Waals surface area contributed by atoms with Crippen LogP contribution < -0.4 is 10.6 Å². The van der Waals surface area contributed by atoms with Crippen molar-refractivity contribution in [2.24, 2.45) is 0 Å². The molecule has 2 rings (SSSR count). The van der Waals surface area contributed by atoms with Crippen LogP contribution in [0.4, 0.5) is 0 Å². The van der Waals surface area contributed by atoms with Crippen molar-refractivity contribution in [3.8, 4) is 0 Å². The van der Waals surface area contributed by atoms with E-state index in [2.05, 4.69) is 10.6 Å². The van der Waals surface area contributed by atoms with Crippen LogP contribution in [-0.2, 0) is 4.74 Å². The summed E-state index contributed by atoms with van der Waals surface area (Å²) >= 11 is 0. The van der Waals surface area contributed by atoms with Crippen LogP contribution in [0.1, 0.15) is 69.7 Å². The predicted octanol–water partition coefficient (Wildman–Crippen LogP) is 2.54. The molecule has 0 fully saturated rings. The minimum Gasteiger partial charge on any atom is -0.388 e. The molecule has 0 heterocycles. The Morgan fingerprint density at radius 3 is 2.16 bits per heavy atom. The van der Waals surface area contributed by atoms with Crippen LogP contribution >= 0.6 is 0 Å². The molecule has 4 N–H and O–H groups in total. The third-order valence-corrected chi connectivity index (χ3v) is 6.12. The smallest absolute Gasteiger partial charge is 0.253 e. The van der Waals surface area contributed by atoms with Crippen LogP contribution in [0.25, 0.3) is 0 Å². The standard InChI is InChI=1S/C29H41N3O6/c1-5-13-32(14-6-2)29(37)23-17-20(3)16-22(18-23)27(35)30-19-25(33)26(34)24(12-15-38-4)31-28(36)21-10-8-7-9-11-21/h7-11,16-18,24-26,33-34H,5-6,12-15,19H2,1-4H3,(H,30,35)(H,31,36). The van der Waals surface area contributed by atoms with Crippen molar-refractivity contribution in [2.75, 3.05) is 33.4 Å². The van der Waals surface area contributed by atoms with Crippen molar-refractivity contribution in [2.45, 2.75) is 58.3 Å². The quantitative estimate of drug-likeness (QED) is 0.282. The van der Waals surface area contributed by atoms with Crippen LogP contribution in [-0.4, -0.2) is 84.4 Å². The Bertz CT molecular complexity index is 1040. The molecule has 0 bridgehead atoms. The Balaban J connectivity index is 2.07. The van der Waals surface area contributed by atoms with E-state index in [-0.39, 0.29) is 37.0 Å². The summed E-state index contributed by atoms with van der Waals surface area (Å²) < 4.78 is 5.09. The molecule has 9 heteroatoms. The number of nitrogens with one attached hydrogen (secondary N) is 2. The van der Waals surface area contributed by atoms with E-state index in [4.69, 9.17) is 4.74 Å². The number of ether oxygens (including phenoxy) is 1. The molecule has 0 aromatic heterocycles. The number of nitrogens with zero attached hydrogens (tertiary/aromatic N) is 1. The molecular formula is C29H41N3O6. The number of carbonyl (C=O) groups excluding carboxylic acids is 3. The summed E-state index contributed by atoms with van der Waals surface area (Å²) in [5.41, 5.74) is 1.90. The number of hydrogen-bond donors (Lipinski definition) is 4. The average Bonchev–Trinajstić information content (AvgIpc) is 2.92. The van der Waals surface area contributed by atoms with Gasteiger partial charge in [-0.25, -0.2) is 0 Å². The molecule has 0 spiro atoms. The highest BCUT2D eigenvalue weighted by Gasteiger charge is 2.28. The molecule has 38 heavy (non-hydrogen) atoms. The zero-order valence-electron chi connectivity index (χ0n) is 22.8. The molecule has 0 saturated heterocycles. The Hall–Kier alpha value is -3.27. The topological polar surface area (TPSA) is 128 Å². The van der Waals surface area contributed by atoms with E-state index in [1.807, 2.05) is 20.8 Å². The number of aliphatic hydroxyl groups is 2. The zero-order valence-corrected chi connectivity index (χ0v) is 22.8. The van der Waals surface area contributed by atoms with Crippen molar-refractivity contribution in [1.82, 2.24) is 15.5 Å². The normalized spacial score (nSPS) is 13.3. The van der Waals surface area contributed by atoms with Crippen LogP contribution in [0, 0.1) is 6.92 Å². The molecule has 0 aliphatic carbocycles. The highest BCUT2D eigenvalue weighted by Crippen LogP contribution is 2.14. The van der Waals surface area contributed by atoms with Gasteiger partial charge in [-0.15, -0.1) is 0 Å². The number of carbonyl (C=O) groups is 3. The van der Waals surface area contributed by atoms with Crippen molar-refractivity contribution in [3.63, 3.8) is 0 Å². The summed E-state index contributed by atoms with van der Waals surface area (Å²) in [4.78, 5) is 40.3. The van der Waals surface area contributed by atoms with Crippen LogP contribution in [0.15, 0.2) is 48.5 Å². The molecule has 208 valence electrons. The monoisotopic (exact) mass is 527 g/mol. The van der Waals surface area contributed by atoms with Gasteiger partial charge in [-0.1, -0.05) is 32.0 Å². The molecule has 0 aliphatic rings. The molecule has 0 radical (unpaired) electrons. The van der Waals surface area contributed by atoms with Gasteiger partial charge in [0.2, 0.25) is 0 Å². The second kappa shape index (κ2) is 15.9. The van der Waals surface area contributed by atoms with E-state index in [0.29, 0.717) is 24.2 Å². The van der Waals surface area contributed by atoms with Crippen LogP contribution in [0.3, 0.4) is 0 Å². The van der Waals surface area contributed by atoms with Crippen molar-refractivity contribution < 1.29 is 29.3 Å². The Morgan fingerprint density at radius 2 is 1.55 bits per heavy atom. The van der Waals surface area contributed by atoms with Crippen molar-refractivity contribution in [1.29, 1.82) is 0 Å². The largest absolute Gasteiger partial charge is 0.388 e. The van der Waals surface area contributed by atoms with E-state index in [1.54, 1.807) is 53.4 Å². The van der Waals surface area contributed by atoms with Gasteiger partial charge in [0.05, 0.1) is 12.1 Å². The maximum atomic E-state index is 13.0. The number of amides is 3. The fourth-order valence-corrected chi connectivity index (χ4v) is 4.18. The van der Waals surface area contributed by atoms with Gasteiger partial charge in [-0.05, 0) is 62.1 Å². The summed E-state index contributed by atoms with van der Waals surface area (Å²) in [6, 6.07) is 12.7. The lowest BCUT2D eigenvalue weighted by molar-refractivity contribution is -0.00800. The first-order valence-corrected chi connectivity index (χ1v) is 13.1. The van der Waals surface area contributed by atoms with E-state index in [1.165, 1.54) is 7.11 Å². The number of benzene rings is 2. The zero-order chi connectivity index (χ0) is 28.1. The van der Waals surface area contributed by atoms with Gasteiger partial charge in [0.25, 0.3) is 17.7 Å². The van der Waals surface area contributed by atoms with E-state index in [9.17, 15) is 24.6 Å². The van der Waals surface area contributed by atoms with Gasteiger partial charge in [0.1, 0.15) is 6.10 Å². The molecule has 3 unspecified atom stereocenters. The maximum absolute atomic E-state index is 13.0. The molecule has 2 aromatic carbocycles. The van der Waals surface area contributed by atoms with Crippen molar-refractivity contribution >= 4 is 17.7 Å². The minimum absolute atomic E-state index is 0.128. The first kappa shape index (κ1) is 31.0. The number of rotatable bonds is 15. The van der Waals surface area contributed by atoms with E-state index < -0.39 is 24.2 Å². The second-order valence-electron chi connectivity index (χ2n) is 9.38. The lowest BCUT2D eigenvalue weighted by atomic mass is 10.0. The highest BCUT2D eigenvalue weighted by atomic mass is 16.5. The van der Waals surface area contributed by atoms with Gasteiger partial charge in [0, 0.05) is 50.0 Å². The minimum atomic E-state index is -1.36. The molecular weight excluding hydrogens is 486 g/mol. The Morgan fingerprint density at radius 1 is 0.921 bits per heavy atom. The lowest BCUT2D eigenvalue weighted by Gasteiger charge is -2.28. The van der Waals surface area contributed by atoms with Gasteiger partial charge in [0.15, 0.2) is 0 Å². The van der Waals surface area contributed by atoms with E-state index >= 15 is 0 Å². The Kier molecular flexibility index (Phi) is 12.9. The van der Waals surface area contributed by atoms with E-state index in [0.717, 1.165) is 18.4 Å². The highest BCUT2D eigenvalue weighted by molar-refractivity contribution is 6.00. The van der Waals surface area contributed by atoms with Gasteiger partial charge in [-0.2, -0.15) is 0 Å². The molecule has 0 aliphatic heterocycles. The molecule has 0 saturated carbocycles. The molecule has 2 aromatic rings. The number of aliphatic hydroxyl groups excluding tert-OH is 2. The molecule has 9 nitrogen and oxygen atoms in total. The third kappa shape index (κ3) is 9.24. The summed E-state index contributed by atoms with van der Waals surface area (Å²) in [7, 11) is 1.50. The van der Waals surface area contributed by atoms with Gasteiger partial charge >= 0.3 is 0 Å².